The van der Waals surface area contributed by atoms with Gasteiger partial charge < -0.3 is 5.32 Å². The Morgan fingerprint density at radius 1 is 1.08 bits per heavy atom. The molecule has 0 saturated carbocycles. The third kappa shape index (κ3) is 2.92. The number of hydrogen-bond donors (Lipinski definition) is 1. The number of carbonyl (C=O) groups is 1. The van der Waals surface area contributed by atoms with Gasteiger partial charge >= 0.3 is 0 Å². The molecule has 2 unspecified atom stereocenters. The van der Waals surface area contributed by atoms with Crippen LogP contribution in [0.4, 0.5) is 0 Å². The van der Waals surface area contributed by atoms with E-state index in [0.29, 0.717) is 34.0 Å². The van der Waals surface area contributed by atoms with Gasteiger partial charge in [0.05, 0.1) is 10.0 Å². The summed E-state index contributed by atoms with van der Waals surface area (Å²) in [6, 6.07) is 14.1. The molecule has 2 aliphatic rings. The molecule has 3 nitrogen and oxygen atoms in total. The van der Waals surface area contributed by atoms with Crippen molar-refractivity contribution in [2.75, 3.05) is 19.6 Å². The van der Waals surface area contributed by atoms with E-state index in [-0.39, 0.29) is 5.91 Å². The first kappa shape index (κ1) is 15.9. The maximum Gasteiger partial charge on any atom is 0.251 e. The number of likely N-dealkylation sites (tertiary alicyclic amines) is 1. The molecule has 2 aromatic carbocycles. The lowest BCUT2D eigenvalue weighted by atomic mass is 9.87. The molecule has 2 aromatic rings. The maximum atomic E-state index is 12.3. The molecule has 124 valence electrons. The fourth-order valence-electron chi connectivity index (χ4n) is 3.88. The highest BCUT2D eigenvalue weighted by atomic mass is 35.5. The van der Waals surface area contributed by atoms with E-state index in [1.807, 2.05) is 12.1 Å². The van der Waals surface area contributed by atoms with E-state index in [2.05, 4.69) is 34.5 Å². The molecule has 1 saturated heterocycles. The first-order valence-electron chi connectivity index (χ1n) is 8.15. The van der Waals surface area contributed by atoms with Crippen LogP contribution in [0.15, 0.2) is 42.5 Å². The predicted octanol–water partition coefficient (Wildman–Crippen LogP) is 3.95. The topological polar surface area (TPSA) is 32.3 Å². The number of halogens is 2. The van der Waals surface area contributed by atoms with Gasteiger partial charge in [0.1, 0.15) is 0 Å². The van der Waals surface area contributed by atoms with Crippen LogP contribution in [0.2, 0.25) is 10.0 Å². The fraction of sp³-hybridized carbons (Fsp3) is 0.316. The lowest BCUT2D eigenvalue weighted by molar-refractivity contribution is 0.0951. The first-order valence-corrected chi connectivity index (χ1v) is 8.91. The van der Waals surface area contributed by atoms with E-state index in [1.54, 1.807) is 6.07 Å². The van der Waals surface area contributed by atoms with Gasteiger partial charge in [0.2, 0.25) is 0 Å². The van der Waals surface area contributed by atoms with Gasteiger partial charge in [-0.1, -0.05) is 53.5 Å². The van der Waals surface area contributed by atoms with E-state index in [1.165, 1.54) is 5.56 Å². The molecule has 1 N–H and O–H groups in total. The number of hydrogen-bond acceptors (Lipinski definition) is 2. The van der Waals surface area contributed by atoms with Crippen molar-refractivity contribution in [3.05, 3.63) is 69.2 Å². The SMILES string of the molecule is O=C1NCC2CN(Cc3ccccc3)CC2c2cc(Cl)c(Cl)cc21. The summed E-state index contributed by atoms with van der Waals surface area (Å²) in [4.78, 5) is 14.8. The van der Waals surface area contributed by atoms with Crippen LogP contribution in [-0.4, -0.2) is 30.4 Å². The zero-order chi connectivity index (χ0) is 16.7. The number of fused-ring (bicyclic) bond motifs is 3. The number of benzene rings is 2. The number of rotatable bonds is 2. The Morgan fingerprint density at radius 2 is 1.83 bits per heavy atom. The van der Waals surface area contributed by atoms with Gasteiger partial charge in [-0.05, 0) is 29.2 Å². The molecule has 2 aliphatic heterocycles. The van der Waals surface area contributed by atoms with Crippen molar-refractivity contribution < 1.29 is 4.79 Å². The van der Waals surface area contributed by atoms with Gasteiger partial charge in [0, 0.05) is 37.7 Å². The molecule has 0 bridgehead atoms. The average molecular weight is 361 g/mol. The van der Waals surface area contributed by atoms with Crippen molar-refractivity contribution in [3.8, 4) is 0 Å². The van der Waals surface area contributed by atoms with E-state index >= 15 is 0 Å². The van der Waals surface area contributed by atoms with Gasteiger partial charge in [0.25, 0.3) is 5.91 Å². The van der Waals surface area contributed by atoms with E-state index in [0.717, 1.165) is 25.2 Å². The van der Waals surface area contributed by atoms with Crippen LogP contribution in [-0.2, 0) is 6.54 Å². The second kappa shape index (κ2) is 6.40. The third-order valence-electron chi connectivity index (χ3n) is 5.03. The minimum atomic E-state index is -0.0485. The molecule has 4 rings (SSSR count). The van der Waals surface area contributed by atoms with Crippen LogP contribution >= 0.6 is 23.2 Å². The summed E-state index contributed by atoms with van der Waals surface area (Å²) in [6.07, 6.45) is 0. The molecule has 24 heavy (non-hydrogen) atoms. The molecule has 0 radical (unpaired) electrons. The van der Waals surface area contributed by atoms with Gasteiger partial charge in [-0.25, -0.2) is 0 Å². The molecule has 1 amide bonds. The number of nitrogens with one attached hydrogen (secondary N) is 1. The summed E-state index contributed by atoms with van der Waals surface area (Å²) in [5.74, 6) is 0.654. The standard InChI is InChI=1S/C19H18Cl2N2O/c20-17-6-14-15(7-18(17)21)19(24)22-8-13-10-23(11-16(13)14)9-12-4-2-1-3-5-12/h1-7,13,16H,8-11H2,(H,22,24). The van der Waals surface area contributed by atoms with E-state index in [4.69, 9.17) is 23.2 Å². The third-order valence-corrected chi connectivity index (χ3v) is 5.75. The summed E-state index contributed by atoms with van der Waals surface area (Å²) in [7, 11) is 0. The second-order valence-corrected chi connectivity index (χ2v) is 7.42. The highest BCUT2D eigenvalue weighted by molar-refractivity contribution is 6.42. The van der Waals surface area contributed by atoms with Crippen LogP contribution in [0.5, 0.6) is 0 Å². The maximum absolute atomic E-state index is 12.3. The van der Waals surface area contributed by atoms with Crippen molar-refractivity contribution in [2.45, 2.75) is 12.5 Å². The van der Waals surface area contributed by atoms with Crippen LogP contribution in [0.25, 0.3) is 0 Å². The first-order chi connectivity index (χ1) is 11.6. The highest BCUT2D eigenvalue weighted by Crippen LogP contribution is 2.39. The zero-order valence-corrected chi connectivity index (χ0v) is 14.6. The monoisotopic (exact) mass is 360 g/mol. The quantitative estimate of drug-likeness (QED) is 0.879. The molecular weight excluding hydrogens is 343 g/mol. The molecule has 0 aliphatic carbocycles. The van der Waals surface area contributed by atoms with E-state index in [9.17, 15) is 4.79 Å². The Bertz CT molecular complexity index is 778. The summed E-state index contributed by atoms with van der Waals surface area (Å²) < 4.78 is 0. The minimum Gasteiger partial charge on any atom is -0.352 e. The van der Waals surface area contributed by atoms with Crippen LogP contribution < -0.4 is 5.32 Å². The summed E-state index contributed by atoms with van der Waals surface area (Å²) in [5.41, 5.74) is 3.01. The molecule has 0 spiro atoms. The fourth-order valence-corrected chi connectivity index (χ4v) is 4.21. The number of nitrogens with zero attached hydrogens (tertiary/aromatic N) is 1. The summed E-state index contributed by atoms with van der Waals surface area (Å²) in [6.45, 7) is 3.52. The Balaban J connectivity index is 1.63. The molecule has 0 aromatic heterocycles. The smallest absolute Gasteiger partial charge is 0.251 e. The van der Waals surface area contributed by atoms with Crippen molar-refractivity contribution in [1.82, 2.24) is 10.2 Å². The minimum absolute atomic E-state index is 0.0485. The normalized spacial score (nSPS) is 23.3. The Morgan fingerprint density at radius 3 is 2.62 bits per heavy atom. The summed E-state index contributed by atoms with van der Waals surface area (Å²) in [5, 5.41) is 3.99. The van der Waals surface area contributed by atoms with Gasteiger partial charge in [-0.3, -0.25) is 9.69 Å². The Hall–Kier alpha value is -1.55. The number of carbonyl (C=O) groups excluding carboxylic acids is 1. The van der Waals surface area contributed by atoms with Crippen molar-refractivity contribution >= 4 is 29.1 Å². The molecule has 5 heteroatoms. The zero-order valence-electron chi connectivity index (χ0n) is 13.1. The van der Waals surface area contributed by atoms with E-state index < -0.39 is 0 Å². The Labute approximate surface area is 151 Å². The van der Waals surface area contributed by atoms with Crippen molar-refractivity contribution in [3.63, 3.8) is 0 Å². The van der Waals surface area contributed by atoms with Gasteiger partial charge in [-0.15, -0.1) is 0 Å². The van der Waals surface area contributed by atoms with Crippen molar-refractivity contribution in [2.24, 2.45) is 5.92 Å². The largest absolute Gasteiger partial charge is 0.352 e. The lowest BCUT2D eigenvalue weighted by Crippen LogP contribution is -2.29. The van der Waals surface area contributed by atoms with Crippen LogP contribution in [0.1, 0.15) is 27.4 Å². The van der Waals surface area contributed by atoms with Crippen LogP contribution in [0.3, 0.4) is 0 Å². The van der Waals surface area contributed by atoms with Gasteiger partial charge in [0.15, 0.2) is 0 Å². The molecule has 2 atom stereocenters. The lowest BCUT2D eigenvalue weighted by Gasteiger charge is -2.18. The average Bonchev–Trinajstić information content (AvgIpc) is 2.93. The van der Waals surface area contributed by atoms with Gasteiger partial charge in [-0.2, -0.15) is 0 Å². The predicted molar refractivity (Wildman–Crippen MR) is 96.7 cm³/mol. The highest BCUT2D eigenvalue weighted by Gasteiger charge is 2.38. The van der Waals surface area contributed by atoms with Crippen molar-refractivity contribution in [1.29, 1.82) is 0 Å². The molecule has 2 heterocycles. The summed E-state index contributed by atoms with van der Waals surface area (Å²) >= 11 is 12.3. The van der Waals surface area contributed by atoms with Crippen LogP contribution in [0, 0.1) is 5.92 Å². The molecule has 1 fully saturated rings. The number of amides is 1. The Kier molecular flexibility index (Phi) is 4.25. The second-order valence-electron chi connectivity index (χ2n) is 6.61. The molecular formula is C19H18Cl2N2O.